The van der Waals surface area contributed by atoms with Gasteiger partial charge in [0, 0.05) is 6.04 Å². The van der Waals surface area contributed by atoms with Crippen molar-refractivity contribution in [2.45, 2.75) is 44.9 Å². The van der Waals surface area contributed by atoms with Crippen molar-refractivity contribution in [1.82, 2.24) is 4.90 Å². The molecule has 1 N–H and O–H groups in total. The standard InChI is InChI=1S/C28H33NO2/c1-22(29-18-16-24(17-19-29)20-23-8-4-2-5-9-23)28(30)26-12-14-27(15-13-26)31-21-25-10-6-3-7-11-25/h2-15,22,24,28,30H,16-21H2,1H3/t22-,28-/m0/s1. The first-order valence-corrected chi connectivity index (χ1v) is 11.4. The number of nitrogens with zero attached hydrogens (tertiary/aromatic N) is 1. The SMILES string of the molecule is C[C@@H]([C@H](O)c1ccc(OCc2ccccc2)cc1)N1CCC(Cc2ccccc2)CC1. The molecule has 0 unspecified atom stereocenters. The fraction of sp³-hybridized carbons (Fsp3) is 0.357. The van der Waals surface area contributed by atoms with E-state index in [4.69, 9.17) is 4.74 Å². The van der Waals surface area contributed by atoms with Gasteiger partial charge in [-0.2, -0.15) is 0 Å². The van der Waals surface area contributed by atoms with Crippen molar-refractivity contribution in [2.75, 3.05) is 13.1 Å². The molecule has 1 saturated heterocycles. The van der Waals surface area contributed by atoms with Gasteiger partial charge in [-0.25, -0.2) is 0 Å². The Morgan fingerprint density at radius 1 is 0.839 bits per heavy atom. The maximum atomic E-state index is 11.0. The molecule has 0 amide bonds. The van der Waals surface area contributed by atoms with Crippen LogP contribution in [0.3, 0.4) is 0 Å². The summed E-state index contributed by atoms with van der Waals surface area (Å²) in [6.45, 7) is 4.79. The van der Waals surface area contributed by atoms with Gasteiger partial charge in [-0.05, 0) is 74.0 Å². The number of ether oxygens (including phenoxy) is 1. The number of hydrogen-bond donors (Lipinski definition) is 1. The number of rotatable bonds is 8. The molecular formula is C28H33NO2. The van der Waals surface area contributed by atoms with Crippen LogP contribution in [0.25, 0.3) is 0 Å². The smallest absolute Gasteiger partial charge is 0.119 e. The molecule has 3 aromatic rings. The van der Waals surface area contributed by atoms with Gasteiger partial charge in [0.15, 0.2) is 0 Å². The quantitative estimate of drug-likeness (QED) is 0.517. The summed E-state index contributed by atoms with van der Waals surface area (Å²) < 4.78 is 5.87. The van der Waals surface area contributed by atoms with Crippen molar-refractivity contribution in [3.05, 3.63) is 102 Å². The van der Waals surface area contributed by atoms with Crippen LogP contribution in [0.1, 0.15) is 42.6 Å². The largest absolute Gasteiger partial charge is 0.489 e. The Balaban J connectivity index is 1.26. The second-order valence-corrected chi connectivity index (χ2v) is 8.70. The molecule has 1 heterocycles. The zero-order chi connectivity index (χ0) is 21.5. The average Bonchev–Trinajstić information content (AvgIpc) is 2.84. The van der Waals surface area contributed by atoms with E-state index in [-0.39, 0.29) is 6.04 Å². The zero-order valence-electron chi connectivity index (χ0n) is 18.4. The highest BCUT2D eigenvalue weighted by atomic mass is 16.5. The molecule has 2 atom stereocenters. The highest BCUT2D eigenvalue weighted by Gasteiger charge is 2.27. The topological polar surface area (TPSA) is 32.7 Å². The lowest BCUT2D eigenvalue weighted by Gasteiger charge is -2.38. The Kier molecular flexibility index (Phi) is 7.39. The van der Waals surface area contributed by atoms with Crippen LogP contribution in [0, 0.1) is 5.92 Å². The van der Waals surface area contributed by atoms with Gasteiger partial charge in [0.2, 0.25) is 0 Å². The van der Waals surface area contributed by atoms with Crippen molar-refractivity contribution < 1.29 is 9.84 Å². The maximum Gasteiger partial charge on any atom is 0.119 e. The van der Waals surface area contributed by atoms with Gasteiger partial charge in [-0.3, -0.25) is 4.90 Å². The molecule has 0 radical (unpaired) electrons. The van der Waals surface area contributed by atoms with Crippen LogP contribution in [0.2, 0.25) is 0 Å². The minimum absolute atomic E-state index is 0.105. The Bertz CT molecular complexity index is 903. The first kappa shape index (κ1) is 21.6. The molecule has 0 saturated carbocycles. The normalized spacial score (nSPS) is 17.2. The lowest BCUT2D eigenvalue weighted by atomic mass is 9.89. The molecule has 3 aromatic carbocycles. The van der Waals surface area contributed by atoms with E-state index in [1.54, 1.807) is 0 Å². The fourth-order valence-electron chi connectivity index (χ4n) is 4.49. The molecule has 0 spiro atoms. The van der Waals surface area contributed by atoms with Crippen molar-refractivity contribution in [3.8, 4) is 5.75 Å². The first-order valence-electron chi connectivity index (χ1n) is 11.4. The van der Waals surface area contributed by atoms with E-state index in [0.29, 0.717) is 6.61 Å². The van der Waals surface area contributed by atoms with E-state index in [1.165, 1.54) is 18.4 Å². The van der Waals surface area contributed by atoms with Gasteiger partial charge in [0.25, 0.3) is 0 Å². The minimum Gasteiger partial charge on any atom is -0.489 e. The van der Waals surface area contributed by atoms with E-state index >= 15 is 0 Å². The summed E-state index contributed by atoms with van der Waals surface area (Å²) in [7, 11) is 0. The Morgan fingerprint density at radius 2 is 1.42 bits per heavy atom. The highest BCUT2D eigenvalue weighted by Crippen LogP contribution is 2.28. The number of likely N-dealkylation sites (tertiary alicyclic amines) is 1. The van der Waals surface area contributed by atoms with Crippen molar-refractivity contribution in [1.29, 1.82) is 0 Å². The summed E-state index contributed by atoms with van der Waals surface area (Å²) >= 11 is 0. The molecule has 4 rings (SSSR count). The zero-order valence-corrected chi connectivity index (χ0v) is 18.4. The molecule has 0 aliphatic carbocycles. The lowest BCUT2D eigenvalue weighted by molar-refractivity contribution is 0.0373. The molecule has 3 heteroatoms. The number of benzene rings is 3. The Morgan fingerprint density at radius 3 is 2.03 bits per heavy atom. The molecule has 0 bridgehead atoms. The molecular weight excluding hydrogens is 382 g/mol. The second-order valence-electron chi connectivity index (χ2n) is 8.70. The molecule has 3 nitrogen and oxygen atoms in total. The summed E-state index contributed by atoms with van der Waals surface area (Å²) in [5.41, 5.74) is 3.53. The third kappa shape index (κ3) is 5.96. The third-order valence-electron chi connectivity index (χ3n) is 6.52. The summed E-state index contributed by atoms with van der Waals surface area (Å²) in [5.74, 6) is 1.57. The van der Waals surface area contributed by atoms with Gasteiger partial charge < -0.3 is 9.84 Å². The lowest BCUT2D eigenvalue weighted by Crippen LogP contribution is -2.43. The van der Waals surface area contributed by atoms with Gasteiger partial charge in [-0.15, -0.1) is 0 Å². The van der Waals surface area contributed by atoms with E-state index < -0.39 is 6.10 Å². The van der Waals surface area contributed by atoms with E-state index in [2.05, 4.69) is 54.3 Å². The van der Waals surface area contributed by atoms with Crippen molar-refractivity contribution in [3.63, 3.8) is 0 Å². The van der Waals surface area contributed by atoms with Crippen LogP contribution in [0.4, 0.5) is 0 Å². The molecule has 0 aromatic heterocycles. The highest BCUT2D eigenvalue weighted by molar-refractivity contribution is 5.29. The molecule has 1 fully saturated rings. The van der Waals surface area contributed by atoms with E-state index in [0.717, 1.165) is 42.3 Å². The van der Waals surface area contributed by atoms with Gasteiger partial charge in [0.05, 0.1) is 6.10 Å². The summed E-state index contributed by atoms with van der Waals surface area (Å²) in [6.07, 6.45) is 3.06. The Labute approximate surface area is 186 Å². The van der Waals surface area contributed by atoms with Gasteiger partial charge in [0.1, 0.15) is 12.4 Å². The summed E-state index contributed by atoms with van der Waals surface area (Å²) in [6, 6.07) is 28.9. The predicted molar refractivity (Wildman–Crippen MR) is 126 cm³/mol. The minimum atomic E-state index is -0.492. The number of aliphatic hydroxyl groups is 1. The first-order chi connectivity index (χ1) is 15.2. The van der Waals surface area contributed by atoms with Crippen molar-refractivity contribution >= 4 is 0 Å². The van der Waals surface area contributed by atoms with Crippen molar-refractivity contribution in [2.24, 2.45) is 5.92 Å². The van der Waals surface area contributed by atoms with E-state index in [1.807, 2.05) is 42.5 Å². The van der Waals surface area contributed by atoms with Gasteiger partial charge in [-0.1, -0.05) is 72.8 Å². The predicted octanol–water partition coefficient (Wildman–Crippen LogP) is 5.64. The Hall–Kier alpha value is -2.62. The third-order valence-corrected chi connectivity index (χ3v) is 6.52. The monoisotopic (exact) mass is 415 g/mol. The van der Waals surface area contributed by atoms with Crippen LogP contribution in [0.15, 0.2) is 84.9 Å². The number of hydrogen-bond acceptors (Lipinski definition) is 3. The van der Waals surface area contributed by atoms with Crippen LogP contribution >= 0.6 is 0 Å². The molecule has 1 aliphatic rings. The number of aliphatic hydroxyl groups excluding tert-OH is 1. The van der Waals surface area contributed by atoms with Gasteiger partial charge >= 0.3 is 0 Å². The van der Waals surface area contributed by atoms with Crippen LogP contribution in [0.5, 0.6) is 5.75 Å². The fourth-order valence-corrected chi connectivity index (χ4v) is 4.49. The van der Waals surface area contributed by atoms with Crippen LogP contribution in [-0.2, 0) is 13.0 Å². The molecule has 31 heavy (non-hydrogen) atoms. The summed E-state index contributed by atoms with van der Waals surface area (Å²) in [4.78, 5) is 2.44. The molecule has 162 valence electrons. The van der Waals surface area contributed by atoms with Crippen LogP contribution in [-0.4, -0.2) is 29.1 Å². The maximum absolute atomic E-state index is 11.0. The summed E-state index contributed by atoms with van der Waals surface area (Å²) in [5, 5.41) is 11.0. The second kappa shape index (κ2) is 10.6. The number of piperidine rings is 1. The van der Waals surface area contributed by atoms with Crippen LogP contribution < -0.4 is 4.74 Å². The van der Waals surface area contributed by atoms with E-state index in [9.17, 15) is 5.11 Å². The molecule has 1 aliphatic heterocycles. The average molecular weight is 416 g/mol.